The number of benzene rings is 4. The van der Waals surface area contributed by atoms with Crippen LogP contribution in [0.1, 0.15) is 42.4 Å². The zero-order valence-electron chi connectivity index (χ0n) is 25.3. The van der Waals surface area contributed by atoms with Crippen LogP contribution in [0.5, 0.6) is 0 Å². The van der Waals surface area contributed by atoms with Crippen molar-refractivity contribution < 1.29 is 18.0 Å². The molecule has 9 heteroatoms. The average molecular weight is 644 g/mol. The number of halogens is 1. The van der Waals surface area contributed by atoms with Crippen LogP contribution in [0.3, 0.4) is 0 Å². The minimum Gasteiger partial charge on any atom is -0.352 e. The molecule has 234 valence electrons. The molecule has 45 heavy (non-hydrogen) atoms. The predicted octanol–water partition coefficient (Wildman–Crippen LogP) is 6.54. The first kappa shape index (κ1) is 32.3. The Morgan fingerprint density at radius 2 is 1.44 bits per heavy atom. The third-order valence-corrected chi connectivity index (χ3v) is 10.3. The monoisotopic (exact) mass is 643 g/mol. The van der Waals surface area contributed by atoms with Crippen LogP contribution in [0.4, 0.5) is 5.69 Å². The number of carbonyl (C=O) groups excluding carboxylic acids is 2. The van der Waals surface area contributed by atoms with Crippen molar-refractivity contribution in [2.75, 3.05) is 10.8 Å². The van der Waals surface area contributed by atoms with Gasteiger partial charge in [-0.2, -0.15) is 0 Å². The van der Waals surface area contributed by atoms with Crippen LogP contribution in [0.15, 0.2) is 114 Å². The van der Waals surface area contributed by atoms with E-state index in [0.29, 0.717) is 10.7 Å². The lowest BCUT2D eigenvalue weighted by Gasteiger charge is -2.34. The third-order valence-electron chi connectivity index (χ3n) is 8.30. The minimum absolute atomic E-state index is 0.0511. The van der Waals surface area contributed by atoms with Crippen LogP contribution in [-0.2, 0) is 32.6 Å². The fourth-order valence-corrected chi connectivity index (χ4v) is 7.31. The number of carbonyl (C=O) groups is 2. The molecule has 0 spiro atoms. The fourth-order valence-electron chi connectivity index (χ4n) is 5.75. The molecule has 0 aromatic heterocycles. The first-order valence-corrected chi connectivity index (χ1v) is 17.1. The van der Waals surface area contributed by atoms with Crippen molar-refractivity contribution in [1.82, 2.24) is 10.2 Å². The lowest BCUT2D eigenvalue weighted by molar-refractivity contribution is -0.140. The number of rotatable bonds is 12. The number of hydrogen-bond donors (Lipinski definition) is 1. The number of amides is 2. The van der Waals surface area contributed by atoms with Gasteiger partial charge in [0.1, 0.15) is 12.6 Å². The summed E-state index contributed by atoms with van der Waals surface area (Å²) in [6, 6.07) is 30.9. The van der Waals surface area contributed by atoms with Crippen molar-refractivity contribution in [3.63, 3.8) is 0 Å². The minimum atomic E-state index is -4.16. The summed E-state index contributed by atoms with van der Waals surface area (Å²) >= 11 is 6.14. The standard InChI is InChI=1S/C36H38ClN3O4S/c1-27-12-8-9-15-29(27)25-39(34(24-28-13-4-2-5-14-28)36(42)38-31-16-10-11-17-31)35(41)26-40(32-22-20-30(37)21-23-32)45(43,44)33-18-6-3-7-19-33/h2-9,12-15,18-23,31,34H,10-11,16-17,24-26H2,1H3,(H,38,42)/t34-/m1/s1. The van der Waals surface area contributed by atoms with Crippen LogP contribution in [0, 0.1) is 6.92 Å². The van der Waals surface area contributed by atoms with Crippen LogP contribution in [0.2, 0.25) is 5.02 Å². The van der Waals surface area contributed by atoms with E-state index in [9.17, 15) is 18.0 Å². The SMILES string of the molecule is Cc1ccccc1CN(C(=O)CN(c1ccc(Cl)cc1)S(=O)(=O)c1ccccc1)[C@H](Cc1ccccc1)C(=O)NC1CCCC1. The number of sulfonamides is 1. The van der Waals surface area contributed by atoms with Crippen molar-refractivity contribution in [3.05, 3.63) is 131 Å². The predicted molar refractivity (Wildman–Crippen MR) is 178 cm³/mol. The summed E-state index contributed by atoms with van der Waals surface area (Å²) in [6.45, 7) is 1.59. The van der Waals surface area contributed by atoms with E-state index in [1.165, 1.54) is 12.1 Å². The van der Waals surface area contributed by atoms with Gasteiger partial charge in [0.2, 0.25) is 11.8 Å². The van der Waals surface area contributed by atoms with Crippen molar-refractivity contribution >= 4 is 39.1 Å². The van der Waals surface area contributed by atoms with E-state index in [1.807, 2.05) is 61.5 Å². The summed E-state index contributed by atoms with van der Waals surface area (Å²) in [4.78, 5) is 30.3. The highest BCUT2D eigenvalue weighted by Crippen LogP contribution is 2.27. The van der Waals surface area contributed by atoms with Crippen LogP contribution < -0.4 is 9.62 Å². The molecular formula is C36H38ClN3O4S. The molecule has 4 aromatic rings. The maximum atomic E-state index is 14.6. The van der Waals surface area contributed by atoms with Crippen LogP contribution in [-0.4, -0.2) is 43.8 Å². The molecule has 0 unspecified atom stereocenters. The molecule has 7 nitrogen and oxygen atoms in total. The number of anilines is 1. The van der Waals surface area contributed by atoms with E-state index >= 15 is 0 Å². The van der Waals surface area contributed by atoms with Crippen LogP contribution >= 0.6 is 11.6 Å². The summed E-state index contributed by atoms with van der Waals surface area (Å²) in [5, 5.41) is 3.64. The van der Waals surface area contributed by atoms with E-state index in [1.54, 1.807) is 47.4 Å². The molecule has 1 fully saturated rings. The average Bonchev–Trinajstić information content (AvgIpc) is 3.56. The van der Waals surface area contributed by atoms with E-state index in [2.05, 4.69) is 5.32 Å². The van der Waals surface area contributed by atoms with E-state index in [0.717, 1.165) is 46.7 Å². The zero-order valence-corrected chi connectivity index (χ0v) is 26.9. The molecular weight excluding hydrogens is 606 g/mol. The molecule has 5 rings (SSSR count). The zero-order chi connectivity index (χ0) is 31.8. The smallest absolute Gasteiger partial charge is 0.264 e. The molecule has 1 N–H and O–H groups in total. The van der Waals surface area contributed by atoms with Gasteiger partial charge in [0.05, 0.1) is 10.6 Å². The largest absolute Gasteiger partial charge is 0.352 e. The molecule has 1 aliphatic carbocycles. The Hall–Kier alpha value is -4.14. The summed E-state index contributed by atoms with van der Waals surface area (Å²) in [5.41, 5.74) is 3.04. The Morgan fingerprint density at radius 3 is 2.09 bits per heavy atom. The molecule has 1 aliphatic rings. The van der Waals surface area contributed by atoms with Gasteiger partial charge in [-0.3, -0.25) is 13.9 Å². The van der Waals surface area contributed by atoms with Crippen molar-refractivity contribution in [3.8, 4) is 0 Å². The van der Waals surface area contributed by atoms with E-state index in [4.69, 9.17) is 11.6 Å². The van der Waals surface area contributed by atoms with Gasteiger partial charge in [0.15, 0.2) is 0 Å². The number of hydrogen-bond acceptors (Lipinski definition) is 4. The van der Waals surface area contributed by atoms with Gasteiger partial charge in [0, 0.05) is 24.0 Å². The van der Waals surface area contributed by atoms with Crippen molar-refractivity contribution in [2.24, 2.45) is 0 Å². The lowest BCUT2D eigenvalue weighted by atomic mass is 10.0. The van der Waals surface area contributed by atoms with Gasteiger partial charge < -0.3 is 10.2 Å². The highest BCUT2D eigenvalue weighted by molar-refractivity contribution is 7.92. The quantitative estimate of drug-likeness (QED) is 0.190. The Balaban J connectivity index is 1.56. The van der Waals surface area contributed by atoms with Crippen LogP contribution in [0.25, 0.3) is 0 Å². The molecule has 0 aliphatic heterocycles. The first-order valence-electron chi connectivity index (χ1n) is 15.2. The first-order chi connectivity index (χ1) is 21.7. The Kier molecular flexibility index (Phi) is 10.6. The summed E-state index contributed by atoms with van der Waals surface area (Å²) in [7, 11) is -4.16. The van der Waals surface area contributed by atoms with Crippen molar-refractivity contribution in [2.45, 2.75) is 62.6 Å². The molecule has 2 amide bonds. The Labute approximate surface area is 270 Å². The maximum Gasteiger partial charge on any atom is 0.264 e. The summed E-state index contributed by atoms with van der Waals surface area (Å²) < 4.78 is 29.2. The van der Waals surface area contributed by atoms with Gasteiger partial charge >= 0.3 is 0 Å². The van der Waals surface area contributed by atoms with E-state index < -0.39 is 28.5 Å². The molecule has 0 saturated heterocycles. The van der Waals surface area contributed by atoms with Gasteiger partial charge in [-0.05, 0) is 72.9 Å². The molecule has 0 heterocycles. The highest BCUT2D eigenvalue weighted by atomic mass is 35.5. The van der Waals surface area contributed by atoms with Crippen molar-refractivity contribution in [1.29, 1.82) is 0 Å². The van der Waals surface area contributed by atoms with Gasteiger partial charge in [-0.25, -0.2) is 8.42 Å². The lowest BCUT2D eigenvalue weighted by Crippen LogP contribution is -2.54. The van der Waals surface area contributed by atoms with Gasteiger partial charge in [-0.15, -0.1) is 0 Å². The third kappa shape index (κ3) is 8.12. The Bertz CT molecular complexity index is 1690. The number of aryl methyl sites for hydroxylation is 1. The summed E-state index contributed by atoms with van der Waals surface area (Å²) in [5.74, 6) is -0.730. The Morgan fingerprint density at radius 1 is 0.844 bits per heavy atom. The normalized spacial score (nSPS) is 14.1. The van der Waals surface area contributed by atoms with Gasteiger partial charge in [0.25, 0.3) is 10.0 Å². The summed E-state index contributed by atoms with van der Waals surface area (Å²) in [6.07, 6.45) is 4.18. The molecule has 1 saturated carbocycles. The highest BCUT2D eigenvalue weighted by Gasteiger charge is 2.35. The van der Waals surface area contributed by atoms with E-state index in [-0.39, 0.29) is 29.8 Å². The maximum absolute atomic E-state index is 14.6. The topological polar surface area (TPSA) is 86.8 Å². The van der Waals surface area contributed by atoms with Gasteiger partial charge in [-0.1, -0.05) is 97.2 Å². The molecule has 1 atom stereocenters. The molecule has 0 bridgehead atoms. The second-order valence-electron chi connectivity index (χ2n) is 11.4. The molecule has 0 radical (unpaired) electrons. The second kappa shape index (κ2) is 14.8. The number of nitrogens with one attached hydrogen (secondary N) is 1. The molecule has 4 aromatic carbocycles. The fraction of sp³-hybridized carbons (Fsp3) is 0.278. The number of nitrogens with zero attached hydrogens (tertiary/aromatic N) is 2. The second-order valence-corrected chi connectivity index (χ2v) is 13.7.